The number of hydrogen-bond acceptors (Lipinski definition) is 5. The van der Waals surface area contributed by atoms with Crippen molar-refractivity contribution in [3.8, 4) is 34.3 Å². The SMILES string of the molecule is COc1ccc2cc3[n+](cc2c1OCCCC(=O)Nc1ccc(Cl)cc1)CCc1cc2c(cc1-3)OCO2. The molecule has 6 rings (SSSR count). The molecular weight excluding hydrogens is 492 g/mol. The van der Waals surface area contributed by atoms with Crippen LogP contribution in [0.3, 0.4) is 0 Å². The van der Waals surface area contributed by atoms with Crippen molar-refractivity contribution in [1.82, 2.24) is 0 Å². The quantitative estimate of drug-likeness (QED) is 0.257. The van der Waals surface area contributed by atoms with Crippen LogP contribution >= 0.6 is 11.6 Å². The van der Waals surface area contributed by atoms with E-state index in [1.807, 2.05) is 12.1 Å². The Balaban J connectivity index is 1.21. The number of methoxy groups -OCH3 is 1. The lowest BCUT2D eigenvalue weighted by Gasteiger charge is -2.18. The molecule has 0 aliphatic carbocycles. The van der Waals surface area contributed by atoms with E-state index in [2.05, 4.69) is 34.3 Å². The number of aryl methyl sites for hydroxylation is 2. The van der Waals surface area contributed by atoms with Gasteiger partial charge in [0.15, 0.2) is 35.7 Å². The number of halogens is 1. The first-order valence-electron chi connectivity index (χ1n) is 12.2. The van der Waals surface area contributed by atoms with Crippen LogP contribution in [0.2, 0.25) is 5.02 Å². The summed E-state index contributed by atoms with van der Waals surface area (Å²) < 4.78 is 25.3. The number of carbonyl (C=O) groups excluding carboxylic acids is 1. The van der Waals surface area contributed by atoms with Crippen LogP contribution in [0.4, 0.5) is 5.69 Å². The summed E-state index contributed by atoms with van der Waals surface area (Å²) >= 11 is 5.91. The van der Waals surface area contributed by atoms with Gasteiger partial charge < -0.3 is 24.3 Å². The van der Waals surface area contributed by atoms with E-state index in [1.165, 1.54) is 5.56 Å². The fraction of sp³-hybridized carbons (Fsp3) is 0.241. The molecule has 4 aromatic rings. The highest BCUT2D eigenvalue weighted by molar-refractivity contribution is 6.30. The zero-order valence-corrected chi connectivity index (χ0v) is 21.1. The predicted molar refractivity (Wildman–Crippen MR) is 141 cm³/mol. The molecule has 0 spiro atoms. The summed E-state index contributed by atoms with van der Waals surface area (Å²) in [6.45, 7) is 1.50. The molecule has 2 aliphatic rings. The third-order valence-electron chi connectivity index (χ3n) is 6.72. The van der Waals surface area contributed by atoms with E-state index in [1.54, 1.807) is 31.4 Å². The number of ether oxygens (including phenoxy) is 4. The Labute approximate surface area is 219 Å². The fourth-order valence-corrected chi connectivity index (χ4v) is 5.00. The number of benzene rings is 3. The summed E-state index contributed by atoms with van der Waals surface area (Å²) in [5.74, 6) is 2.88. The van der Waals surface area contributed by atoms with Gasteiger partial charge in [-0.25, -0.2) is 0 Å². The smallest absolute Gasteiger partial charge is 0.231 e. The minimum atomic E-state index is -0.0695. The normalized spacial score (nSPS) is 13.1. The van der Waals surface area contributed by atoms with Crippen molar-refractivity contribution >= 4 is 34.0 Å². The van der Waals surface area contributed by atoms with Gasteiger partial charge in [-0.2, -0.15) is 4.57 Å². The summed E-state index contributed by atoms with van der Waals surface area (Å²) in [5, 5.41) is 5.53. The molecule has 1 amide bonds. The number of aromatic nitrogens is 1. The second kappa shape index (κ2) is 9.82. The summed E-state index contributed by atoms with van der Waals surface area (Å²) in [6.07, 6.45) is 3.94. The second-order valence-electron chi connectivity index (χ2n) is 9.07. The van der Waals surface area contributed by atoms with Crippen LogP contribution in [0.25, 0.3) is 22.0 Å². The minimum Gasteiger partial charge on any atom is -0.493 e. The lowest BCUT2D eigenvalue weighted by Crippen LogP contribution is -2.40. The molecule has 3 aromatic carbocycles. The lowest BCUT2D eigenvalue weighted by molar-refractivity contribution is -0.686. The van der Waals surface area contributed by atoms with E-state index in [0.717, 1.165) is 52.2 Å². The van der Waals surface area contributed by atoms with Gasteiger partial charge in [0.25, 0.3) is 0 Å². The van der Waals surface area contributed by atoms with E-state index >= 15 is 0 Å². The van der Waals surface area contributed by atoms with Crippen molar-refractivity contribution in [2.45, 2.75) is 25.8 Å². The molecule has 0 unspecified atom stereocenters. The van der Waals surface area contributed by atoms with Gasteiger partial charge in [-0.1, -0.05) is 11.6 Å². The Bertz CT molecular complexity index is 1500. The minimum absolute atomic E-state index is 0.0695. The van der Waals surface area contributed by atoms with Gasteiger partial charge in [-0.15, -0.1) is 0 Å². The Morgan fingerprint density at radius 3 is 2.70 bits per heavy atom. The highest BCUT2D eigenvalue weighted by Gasteiger charge is 2.28. The summed E-state index contributed by atoms with van der Waals surface area (Å²) in [7, 11) is 1.64. The monoisotopic (exact) mass is 517 g/mol. The van der Waals surface area contributed by atoms with Crippen LogP contribution < -0.4 is 28.8 Å². The predicted octanol–water partition coefficient (Wildman–Crippen LogP) is 5.54. The van der Waals surface area contributed by atoms with Crippen molar-refractivity contribution < 1.29 is 28.3 Å². The Morgan fingerprint density at radius 2 is 1.89 bits per heavy atom. The van der Waals surface area contributed by atoms with Gasteiger partial charge in [-0.05, 0) is 65.9 Å². The molecule has 0 fully saturated rings. The number of pyridine rings is 1. The molecule has 2 aliphatic heterocycles. The number of amides is 1. The van der Waals surface area contributed by atoms with E-state index in [9.17, 15) is 4.79 Å². The van der Waals surface area contributed by atoms with Crippen LogP contribution in [0.1, 0.15) is 18.4 Å². The Hall–Kier alpha value is -3.97. The van der Waals surface area contributed by atoms with Crippen LogP contribution in [0.5, 0.6) is 23.0 Å². The number of nitrogens with one attached hydrogen (secondary N) is 1. The maximum Gasteiger partial charge on any atom is 0.231 e. The summed E-state index contributed by atoms with van der Waals surface area (Å²) in [4.78, 5) is 12.3. The highest BCUT2D eigenvalue weighted by atomic mass is 35.5. The highest BCUT2D eigenvalue weighted by Crippen LogP contribution is 2.41. The molecule has 37 heavy (non-hydrogen) atoms. The Morgan fingerprint density at radius 1 is 1.08 bits per heavy atom. The van der Waals surface area contributed by atoms with Crippen LogP contribution in [0, 0.1) is 0 Å². The largest absolute Gasteiger partial charge is 0.493 e. The van der Waals surface area contributed by atoms with Crippen LogP contribution in [0.15, 0.2) is 60.8 Å². The first-order valence-corrected chi connectivity index (χ1v) is 12.6. The molecule has 8 heteroatoms. The molecule has 0 saturated heterocycles. The fourth-order valence-electron chi connectivity index (χ4n) is 4.87. The topological polar surface area (TPSA) is 69.9 Å². The van der Waals surface area contributed by atoms with Crippen molar-refractivity contribution in [3.05, 3.63) is 71.4 Å². The zero-order chi connectivity index (χ0) is 25.4. The van der Waals surface area contributed by atoms with Crippen LogP contribution in [-0.2, 0) is 17.8 Å². The molecule has 188 valence electrons. The van der Waals surface area contributed by atoms with E-state index < -0.39 is 0 Å². The number of rotatable bonds is 7. The number of nitrogens with zero attached hydrogens (tertiary/aromatic N) is 1. The third-order valence-corrected chi connectivity index (χ3v) is 6.97. The van der Waals surface area contributed by atoms with Gasteiger partial charge in [0, 0.05) is 29.6 Å². The Kier molecular flexibility index (Phi) is 6.22. The molecule has 3 heterocycles. The number of hydrogen-bond donors (Lipinski definition) is 1. The molecular formula is C29H26ClN2O5+. The molecule has 1 aromatic heterocycles. The lowest BCUT2D eigenvalue weighted by atomic mass is 9.95. The molecule has 0 radical (unpaired) electrons. The van der Waals surface area contributed by atoms with Gasteiger partial charge in [-0.3, -0.25) is 4.79 Å². The molecule has 0 bridgehead atoms. The third kappa shape index (κ3) is 4.62. The maximum atomic E-state index is 12.3. The summed E-state index contributed by atoms with van der Waals surface area (Å²) in [6, 6.07) is 17.4. The van der Waals surface area contributed by atoms with Crippen LogP contribution in [-0.4, -0.2) is 26.4 Å². The standard InChI is InChI=1S/C29H25ClN2O5/c1-34-25-9-4-18-13-24-22-15-27-26(36-17-37-27)14-19(22)10-11-32(24)16-23(18)29(25)35-12-2-3-28(33)31-21-7-5-20(30)6-8-21/h4-9,13-16H,2-3,10-12,17H2,1H3/p+1. The summed E-state index contributed by atoms with van der Waals surface area (Å²) in [5.41, 5.74) is 4.26. The maximum absolute atomic E-state index is 12.3. The average Bonchev–Trinajstić information content (AvgIpc) is 3.37. The van der Waals surface area contributed by atoms with Gasteiger partial charge >= 0.3 is 0 Å². The first kappa shape index (κ1) is 23.4. The van der Waals surface area contributed by atoms with Crippen molar-refractivity contribution in [1.29, 1.82) is 0 Å². The van der Waals surface area contributed by atoms with Gasteiger partial charge in [0.1, 0.15) is 0 Å². The average molecular weight is 518 g/mol. The molecule has 0 saturated carbocycles. The number of anilines is 1. The first-order chi connectivity index (χ1) is 18.1. The zero-order valence-electron chi connectivity index (χ0n) is 20.4. The molecule has 1 N–H and O–H groups in total. The van der Waals surface area contributed by atoms with Crippen molar-refractivity contribution in [2.24, 2.45) is 0 Å². The number of fused-ring (bicyclic) bond motifs is 5. The second-order valence-corrected chi connectivity index (χ2v) is 9.51. The van der Waals surface area contributed by atoms with Gasteiger partial charge in [0.2, 0.25) is 18.4 Å². The number of carbonyl (C=O) groups is 1. The van der Waals surface area contributed by atoms with Crippen molar-refractivity contribution in [2.75, 3.05) is 25.8 Å². The van der Waals surface area contributed by atoms with E-state index in [-0.39, 0.29) is 12.7 Å². The molecule has 7 nitrogen and oxygen atoms in total. The van der Waals surface area contributed by atoms with Crippen molar-refractivity contribution in [3.63, 3.8) is 0 Å². The molecule has 0 atom stereocenters. The van der Waals surface area contributed by atoms with Gasteiger partial charge in [0.05, 0.1) is 24.7 Å². The van der Waals surface area contributed by atoms with E-state index in [4.69, 9.17) is 30.5 Å². The van der Waals surface area contributed by atoms with E-state index in [0.29, 0.717) is 36.0 Å².